The molecule has 5 heteroatoms. The van der Waals surface area contributed by atoms with Gasteiger partial charge in [0.05, 0.1) is 17.6 Å². The molecule has 0 spiro atoms. The van der Waals surface area contributed by atoms with E-state index in [4.69, 9.17) is 0 Å². The number of hydrogen-bond donors (Lipinski definition) is 3. The molecule has 5 nitrogen and oxygen atoms in total. The van der Waals surface area contributed by atoms with Crippen LogP contribution in [0.15, 0.2) is 24.3 Å². The number of hydrogen-bond acceptors (Lipinski definition) is 3. The number of H-pyrrole nitrogens is 1. The molecule has 3 N–H and O–H groups in total. The molecule has 118 valence electrons. The molecule has 22 heavy (non-hydrogen) atoms. The van der Waals surface area contributed by atoms with Crippen molar-refractivity contribution in [3.63, 3.8) is 0 Å². The largest absolute Gasteiger partial charge is 0.349 e. The highest BCUT2D eigenvalue weighted by Crippen LogP contribution is 2.24. The Morgan fingerprint density at radius 1 is 1.36 bits per heavy atom. The highest BCUT2D eigenvalue weighted by Gasteiger charge is 2.21. The van der Waals surface area contributed by atoms with Gasteiger partial charge >= 0.3 is 0 Å². The summed E-state index contributed by atoms with van der Waals surface area (Å²) in [4.78, 5) is 19.8. The number of carbonyl (C=O) groups excluding carboxylic acids is 1. The lowest BCUT2D eigenvalue weighted by atomic mass is 9.84. The van der Waals surface area contributed by atoms with Crippen LogP contribution >= 0.6 is 0 Å². The summed E-state index contributed by atoms with van der Waals surface area (Å²) in [7, 11) is 0. The standard InChI is InChI=1S/C17H24N4O/c1-12(13-6-8-18-9-7-13)10-17(22)19-11-16-20-14-4-2-3-5-15(14)21-16/h2-5,12-13,18H,6-11H2,1H3,(H,19,22)(H,20,21). The van der Waals surface area contributed by atoms with Gasteiger partial charge in [-0.1, -0.05) is 19.1 Å². The quantitative estimate of drug-likeness (QED) is 0.793. The first-order chi connectivity index (χ1) is 10.7. The molecular weight excluding hydrogens is 276 g/mol. The Balaban J connectivity index is 1.49. The second kappa shape index (κ2) is 6.92. The average Bonchev–Trinajstić information content (AvgIpc) is 2.96. The summed E-state index contributed by atoms with van der Waals surface area (Å²) >= 11 is 0. The van der Waals surface area contributed by atoms with Crippen LogP contribution < -0.4 is 10.6 Å². The number of fused-ring (bicyclic) bond motifs is 1. The van der Waals surface area contributed by atoms with Gasteiger partial charge in [0.1, 0.15) is 5.82 Å². The third kappa shape index (κ3) is 3.65. The van der Waals surface area contributed by atoms with Gasteiger partial charge < -0.3 is 15.6 Å². The summed E-state index contributed by atoms with van der Waals surface area (Å²) in [6, 6.07) is 7.90. The normalized spacial score (nSPS) is 17.5. The molecule has 1 atom stereocenters. The number of nitrogens with zero attached hydrogens (tertiary/aromatic N) is 1. The molecule has 1 aliphatic heterocycles. The number of nitrogens with one attached hydrogen (secondary N) is 3. The molecule has 3 rings (SSSR count). The van der Waals surface area contributed by atoms with Crippen LogP contribution in [0.3, 0.4) is 0 Å². The average molecular weight is 300 g/mol. The van der Waals surface area contributed by atoms with Crippen LogP contribution in [0, 0.1) is 11.8 Å². The van der Waals surface area contributed by atoms with Crippen LogP contribution in [0.4, 0.5) is 0 Å². The third-order valence-corrected chi connectivity index (χ3v) is 4.59. The molecule has 1 aromatic carbocycles. The zero-order valence-corrected chi connectivity index (χ0v) is 13.1. The predicted molar refractivity (Wildman–Crippen MR) is 87.3 cm³/mol. The summed E-state index contributed by atoms with van der Waals surface area (Å²) in [6.07, 6.45) is 2.96. The van der Waals surface area contributed by atoms with Crippen molar-refractivity contribution in [2.75, 3.05) is 13.1 Å². The molecule has 1 aromatic heterocycles. The van der Waals surface area contributed by atoms with Crippen molar-refractivity contribution in [2.24, 2.45) is 11.8 Å². The molecular formula is C17H24N4O. The van der Waals surface area contributed by atoms with Crippen LogP contribution in [0.1, 0.15) is 32.0 Å². The first-order valence-electron chi connectivity index (χ1n) is 8.13. The van der Waals surface area contributed by atoms with E-state index in [1.54, 1.807) is 0 Å². The molecule has 0 saturated carbocycles. The van der Waals surface area contributed by atoms with Crippen molar-refractivity contribution in [1.29, 1.82) is 0 Å². The third-order valence-electron chi connectivity index (χ3n) is 4.59. The molecule has 0 radical (unpaired) electrons. The summed E-state index contributed by atoms with van der Waals surface area (Å²) in [6.45, 7) is 4.81. The number of piperidine rings is 1. The number of benzene rings is 1. The zero-order valence-electron chi connectivity index (χ0n) is 13.1. The maximum Gasteiger partial charge on any atom is 0.220 e. The first-order valence-corrected chi connectivity index (χ1v) is 8.13. The SMILES string of the molecule is CC(CC(=O)NCc1nc2ccccc2[nH]1)C1CCNCC1. The second-order valence-corrected chi connectivity index (χ2v) is 6.25. The highest BCUT2D eigenvalue weighted by molar-refractivity contribution is 5.77. The van der Waals surface area contributed by atoms with E-state index in [1.165, 1.54) is 12.8 Å². The van der Waals surface area contributed by atoms with Crippen molar-refractivity contribution in [3.8, 4) is 0 Å². The molecule has 1 amide bonds. The fourth-order valence-electron chi connectivity index (χ4n) is 3.22. The number of aromatic amines is 1. The van der Waals surface area contributed by atoms with Crippen LogP contribution in [0.2, 0.25) is 0 Å². The van der Waals surface area contributed by atoms with Crippen LogP contribution in [0.5, 0.6) is 0 Å². The van der Waals surface area contributed by atoms with Gasteiger partial charge in [-0.15, -0.1) is 0 Å². The van der Waals surface area contributed by atoms with Crippen molar-refractivity contribution >= 4 is 16.9 Å². The summed E-state index contributed by atoms with van der Waals surface area (Å²) < 4.78 is 0. The topological polar surface area (TPSA) is 69.8 Å². The molecule has 2 heterocycles. The molecule has 2 aromatic rings. The van der Waals surface area contributed by atoms with E-state index in [-0.39, 0.29) is 5.91 Å². The maximum atomic E-state index is 12.1. The van der Waals surface area contributed by atoms with Gasteiger partial charge in [0.25, 0.3) is 0 Å². The predicted octanol–water partition coefficient (Wildman–Crippen LogP) is 2.20. The smallest absolute Gasteiger partial charge is 0.220 e. The Morgan fingerprint density at radius 3 is 2.91 bits per heavy atom. The Morgan fingerprint density at radius 2 is 2.14 bits per heavy atom. The van der Waals surface area contributed by atoms with Gasteiger partial charge in [0.2, 0.25) is 5.91 Å². The first kappa shape index (κ1) is 15.0. The van der Waals surface area contributed by atoms with Crippen molar-refractivity contribution in [3.05, 3.63) is 30.1 Å². The van der Waals surface area contributed by atoms with Gasteiger partial charge in [-0.05, 0) is 49.9 Å². The lowest BCUT2D eigenvalue weighted by Gasteiger charge is -2.27. The van der Waals surface area contributed by atoms with Gasteiger partial charge in [0.15, 0.2) is 0 Å². The zero-order chi connectivity index (χ0) is 15.4. The minimum Gasteiger partial charge on any atom is -0.349 e. The van der Waals surface area contributed by atoms with Gasteiger partial charge in [0, 0.05) is 6.42 Å². The van der Waals surface area contributed by atoms with Crippen molar-refractivity contribution in [2.45, 2.75) is 32.7 Å². The second-order valence-electron chi connectivity index (χ2n) is 6.25. The van der Waals surface area contributed by atoms with Gasteiger partial charge in [-0.25, -0.2) is 4.98 Å². The van der Waals surface area contributed by atoms with E-state index in [0.29, 0.717) is 24.8 Å². The van der Waals surface area contributed by atoms with E-state index in [9.17, 15) is 4.79 Å². The van der Waals surface area contributed by atoms with Crippen LogP contribution in [0.25, 0.3) is 11.0 Å². The molecule has 1 unspecified atom stereocenters. The van der Waals surface area contributed by atoms with E-state index < -0.39 is 0 Å². The molecule has 0 aliphatic carbocycles. The Kier molecular flexibility index (Phi) is 4.73. The minimum absolute atomic E-state index is 0.117. The molecule has 1 fully saturated rings. The van der Waals surface area contributed by atoms with Gasteiger partial charge in [-0.2, -0.15) is 0 Å². The monoisotopic (exact) mass is 300 g/mol. The van der Waals surface area contributed by atoms with Crippen LogP contribution in [-0.4, -0.2) is 29.0 Å². The highest BCUT2D eigenvalue weighted by atomic mass is 16.1. The molecule has 1 saturated heterocycles. The number of rotatable bonds is 5. The van der Waals surface area contributed by atoms with Crippen LogP contribution in [-0.2, 0) is 11.3 Å². The van der Waals surface area contributed by atoms with Crippen molar-refractivity contribution in [1.82, 2.24) is 20.6 Å². The van der Waals surface area contributed by atoms with Crippen molar-refractivity contribution < 1.29 is 4.79 Å². The molecule has 1 aliphatic rings. The Labute approximate surface area is 130 Å². The fraction of sp³-hybridized carbons (Fsp3) is 0.529. The summed E-state index contributed by atoms with van der Waals surface area (Å²) in [5, 5.41) is 6.35. The van der Waals surface area contributed by atoms with E-state index in [2.05, 4.69) is 27.5 Å². The molecule has 0 bridgehead atoms. The number of amides is 1. The number of carbonyl (C=O) groups is 1. The summed E-state index contributed by atoms with van der Waals surface area (Å²) in [5.74, 6) is 2.03. The minimum atomic E-state index is 0.117. The maximum absolute atomic E-state index is 12.1. The Bertz CT molecular complexity index is 597. The van der Waals surface area contributed by atoms with E-state index in [0.717, 1.165) is 29.9 Å². The number of imidazole rings is 1. The lowest BCUT2D eigenvalue weighted by Crippen LogP contribution is -2.33. The Hall–Kier alpha value is -1.88. The van der Waals surface area contributed by atoms with E-state index in [1.807, 2.05) is 24.3 Å². The van der Waals surface area contributed by atoms with E-state index >= 15 is 0 Å². The fourth-order valence-corrected chi connectivity index (χ4v) is 3.22. The number of para-hydroxylation sites is 2. The lowest BCUT2D eigenvalue weighted by molar-refractivity contribution is -0.122. The summed E-state index contributed by atoms with van der Waals surface area (Å²) in [5.41, 5.74) is 1.95. The van der Waals surface area contributed by atoms with Gasteiger partial charge in [-0.3, -0.25) is 4.79 Å². The number of aromatic nitrogens is 2.